The van der Waals surface area contributed by atoms with Gasteiger partial charge in [0.05, 0.1) is 21.3 Å². The molecule has 0 atom stereocenters. The largest absolute Gasteiger partial charge is 0.493 e. The van der Waals surface area contributed by atoms with Crippen molar-refractivity contribution in [2.75, 3.05) is 7.11 Å². The van der Waals surface area contributed by atoms with Crippen LogP contribution in [0.2, 0.25) is 0 Å². The molecule has 0 saturated carbocycles. The topological polar surface area (TPSA) is 59.9 Å². The number of ether oxygens (including phenoxy) is 2. The van der Waals surface area contributed by atoms with Crippen LogP contribution >= 0.6 is 50.3 Å². The molecule has 0 bridgehead atoms. The smallest absolute Gasteiger partial charge is 0.264 e. The van der Waals surface area contributed by atoms with Crippen LogP contribution in [0.15, 0.2) is 69.0 Å². The lowest BCUT2D eigenvalue weighted by Gasteiger charge is -2.14. The van der Waals surface area contributed by atoms with Crippen LogP contribution in [0.5, 0.6) is 11.5 Å². The van der Waals surface area contributed by atoms with E-state index in [1.165, 1.54) is 11.8 Å². The van der Waals surface area contributed by atoms with Crippen molar-refractivity contribution in [2.24, 2.45) is 4.99 Å². The maximum absolute atomic E-state index is 12.6. The molecule has 0 aliphatic carbocycles. The van der Waals surface area contributed by atoms with Crippen molar-refractivity contribution >= 4 is 73.1 Å². The Morgan fingerprint density at radius 2 is 1.82 bits per heavy atom. The Hall–Kier alpha value is -2.30. The van der Waals surface area contributed by atoms with Gasteiger partial charge in [-0.05, 0) is 101 Å². The molecule has 1 amide bonds. The van der Waals surface area contributed by atoms with Crippen LogP contribution in [-0.2, 0) is 11.4 Å². The molecule has 0 spiro atoms. The quantitative estimate of drug-likeness (QED) is 0.228. The maximum atomic E-state index is 12.6. The maximum Gasteiger partial charge on any atom is 0.264 e. The molecule has 1 heterocycles. The third-order valence-corrected chi connectivity index (χ3v) is 8.04. The van der Waals surface area contributed by atoms with Gasteiger partial charge in [-0.25, -0.2) is 4.99 Å². The number of nitrogens with one attached hydrogen (secondary N) is 1. The van der Waals surface area contributed by atoms with Gasteiger partial charge < -0.3 is 14.8 Å². The number of carbonyl (C=O) groups excluding carboxylic acids is 1. The molecule has 8 heteroatoms. The molecule has 1 N–H and O–H groups in total. The number of hydrogen-bond acceptors (Lipinski definition) is 5. The Morgan fingerprint density at radius 3 is 2.50 bits per heavy atom. The molecule has 0 aromatic heterocycles. The first-order valence-corrected chi connectivity index (χ1v) is 13.1. The highest BCUT2D eigenvalue weighted by molar-refractivity contribution is 14.1. The zero-order valence-electron chi connectivity index (χ0n) is 18.8. The Morgan fingerprint density at radius 1 is 1.12 bits per heavy atom. The zero-order chi connectivity index (χ0) is 24.2. The van der Waals surface area contributed by atoms with Crippen LogP contribution in [0.1, 0.15) is 22.3 Å². The minimum atomic E-state index is -0.173. The minimum absolute atomic E-state index is 0.173. The highest BCUT2D eigenvalue weighted by Gasteiger charge is 2.24. The summed E-state index contributed by atoms with van der Waals surface area (Å²) >= 11 is 7.12. The average Bonchev–Trinajstić information content (AvgIpc) is 3.15. The summed E-state index contributed by atoms with van der Waals surface area (Å²) in [5, 5.41) is 3.41. The molecule has 1 aliphatic rings. The van der Waals surface area contributed by atoms with Gasteiger partial charge in [0.25, 0.3) is 5.91 Å². The molecular formula is C26H22BrIN2O3S. The van der Waals surface area contributed by atoms with Crippen LogP contribution in [0, 0.1) is 17.4 Å². The van der Waals surface area contributed by atoms with Crippen molar-refractivity contribution < 1.29 is 14.3 Å². The van der Waals surface area contributed by atoms with Crippen LogP contribution in [0.3, 0.4) is 0 Å². The van der Waals surface area contributed by atoms with Crippen molar-refractivity contribution in [1.29, 1.82) is 0 Å². The summed E-state index contributed by atoms with van der Waals surface area (Å²) in [6, 6.07) is 17.8. The van der Waals surface area contributed by atoms with E-state index >= 15 is 0 Å². The molecule has 3 aromatic rings. The van der Waals surface area contributed by atoms with Gasteiger partial charge in [0.1, 0.15) is 6.61 Å². The molecular weight excluding hydrogens is 627 g/mol. The fourth-order valence-electron chi connectivity index (χ4n) is 3.43. The summed E-state index contributed by atoms with van der Waals surface area (Å²) in [5.41, 5.74) is 4.93. The number of aryl methyl sites for hydroxylation is 2. The van der Waals surface area contributed by atoms with Gasteiger partial charge in [-0.15, -0.1) is 0 Å². The minimum Gasteiger partial charge on any atom is -0.493 e. The van der Waals surface area contributed by atoms with Crippen LogP contribution in [0.25, 0.3) is 6.08 Å². The van der Waals surface area contributed by atoms with E-state index in [2.05, 4.69) is 48.8 Å². The van der Waals surface area contributed by atoms with Crippen molar-refractivity contribution in [2.45, 2.75) is 20.5 Å². The normalized spacial score (nSPS) is 15.6. The number of methoxy groups -OCH3 is 1. The number of rotatable bonds is 6. The number of halogens is 2. The molecule has 0 radical (unpaired) electrons. The van der Waals surface area contributed by atoms with E-state index in [9.17, 15) is 4.79 Å². The van der Waals surface area contributed by atoms with E-state index < -0.39 is 0 Å². The van der Waals surface area contributed by atoms with Gasteiger partial charge in [-0.2, -0.15) is 0 Å². The van der Waals surface area contributed by atoms with E-state index in [-0.39, 0.29) is 5.91 Å². The first-order valence-electron chi connectivity index (χ1n) is 10.4. The van der Waals surface area contributed by atoms with Gasteiger partial charge in [0.2, 0.25) is 0 Å². The summed E-state index contributed by atoms with van der Waals surface area (Å²) in [5.74, 6) is 1.13. The van der Waals surface area contributed by atoms with Gasteiger partial charge in [-0.3, -0.25) is 4.79 Å². The van der Waals surface area contributed by atoms with E-state index in [1.807, 2.05) is 74.5 Å². The number of nitrogens with zero attached hydrogens (tertiary/aromatic N) is 1. The van der Waals surface area contributed by atoms with Crippen molar-refractivity contribution in [3.05, 3.63) is 89.8 Å². The second-order valence-corrected chi connectivity index (χ2v) is 10.7. The van der Waals surface area contributed by atoms with Gasteiger partial charge in [-0.1, -0.05) is 46.3 Å². The molecule has 3 aromatic carbocycles. The second-order valence-electron chi connectivity index (χ2n) is 7.68. The number of aliphatic imine (C=N–C) groups is 1. The summed E-state index contributed by atoms with van der Waals surface area (Å²) in [4.78, 5) is 17.8. The van der Waals surface area contributed by atoms with Crippen molar-refractivity contribution in [3.8, 4) is 11.5 Å². The molecule has 174 valence electrons. The Bertz CT molecular complexity index is 1290. The number of hydrogen-bond donors (Lipinski definition) is 1. The standard InChI is InChI=1S/C26H22BrIN2O3S/c1-15-9-19(10-16(2)23(15)27)29-26-30-25(31)22(34-26)13-18-11-20(28)24(21(12-18)32-3)33-14-17-7-5-4-6-8-17/h4-13H,14H2,1-3H3,(H,29,30,31)/b22-13-. The molecule has 1 aliphatic heterocycles. The highest BCUT2D eigenvalue weighted by atomic mass is 127. The summed E-state index contributed by atoms with van der Waals surface area (Å²) in [7, 11) is 1.61. The lowest BCUT2D eigenvalue weighted by atomic mass is 10.1. The molecule has 1 saturated heterocycles. The fraction of sp³-hybridized carbons (Fsp3) is 0.154. The lowest BCUT2D eigenvalue weighted by molar-refractivity contribution is -0.115. The molecule has 5 nitrogen and oxygen atoms in total. The van der Waals surface area contributed by atoms with Crippen molar-refractivity contribution in [1.82, 2.24) is 5.32 Å². The molecule has 34 heavy (non-hydrogen) atoms. The summed E-state index contributed by atoms with van der Waals surface area (Å²) < 4.78 is 13.6. The number of thioether (sulfide) groups is 1. The van der Waals surface area contributed by atoms with Crippen LogP contribution in [-0.4, -0.2) is 18.2 Å². The third-order valence-electron chi connectivity index (χ3n) is 5.08. The summed E-state index contributed by atoms with van der Waals surface area (Å²) in [6.45, 7) is 4.49. The van der Waals surface area contributed by atoms with Gasteiger partial charge in [0, 0.05) is 4.47 Å². The second kappa shape index (κ2) is 11.0. The summed E-state index contributed by atoms with van der Waals surface area (Å²) in [6.07, 6.45) is 1.84. The van der Waals surface area contributed by atoms with E-state index in [4.69, 9.17) is 9.47 Å². The van der Waals surface area contributed by atoms with Gasteiger partial charge in [0.15, 0.2) is 16.7 Å². The monoisotopic (exact) mass is 648 g/mol. The van der Waals surface area contributed by atoms with E-state index in [0.717, 1.165) is 36.0 Å². The fourth-order valence-corrected chi connectivity index (χ4v) is 5.28. The van der Waals surface area contributed by atoms with E-state index in [0.29, 0.717) is 28.2 Å². The van der Waals surface area contributed by atoms with Crippen LogP contribution < -0.4 is 14.8 Å². The zero-order valence-corrected chi connectivity index (χ0v) is 23.4. The average molecular weight is 649 g/mol. The molecule has 1 fully saturated rings. The number of amides is 1. The first-order chi connectivity index (χ1) is 16.3. The number of amidine groups is 1. The van der Waals surface area contributed by atoms with Gasteiger partial charge >= 0.3 is 0 Å². The Kier molecular flexibility index (Phi) is 8.00. The lowest BCUT2D eigenvalue weighted by Crippen LogP contribution is -2.19. The number of carbonyl (C=O) groups is 1. The number of benzene rings is 3. The van der Waals surface area contributed by atoms with E-state index in [1.54, 1.807) is 7.11 Å². The predicted octanol–water partition coefficient (Wildman–Crippen LogP) is 7.15. The highest BCUT2D eigenvalue weighted by Crippen LogP contribution is 2.37. The molecule has 0 unspecified atom stereocenters. The van der Waals surface area contributed by atoms with Crippen molar-refractivity contribution in [3.63, 3.8) is 0 Å². The Balaban J connectivity index is 1.55. The van der Waals surface area contributed by atoms with Crippen LogP contribution in [0.4, 0.5) is 5.69 Å². The third kappa shape index (κ3) is 5.84. The first kappa shape index (κ1) is 24.8. The Labute approximate surface area is 225 Å². The predicted molar refractivity (Wildman–Crippen MR) is 151 cm³/mol. The molecule has 4 rings (SSSR count). The SMILES string of the molecule is COc1cc(/C=C2\SC(=Nc3cc(C)c(Br)c(C)c3)NC2=O)cc(I)c1OCc1ccccc1.